The smallest absolute Gasteiger partial charge is 0.320 e. The lowest BCUT2D eigenvalue weighted by Crippen LogP contribution is -2.47. The van der Waals surface area contributed by atoms with Crippen molar-refractivity contribution in [2.24, 2.45) is 5.92 Å². The molecular formula is C42H54N4O7. The molecule has 284 valence electrons. The number of carboxylic acid groups (broad SMARTS) is 1. The fraction of sp³-hybridized carbons (Fsp3) is 0.500. The summed E-state index contributed by atoms with van der Waals surface area (Å²) < 4.78 is 17.0. The van der Waals surface area contributed by atoms with Crippen LogP contribution in [0.2, 0.25) is 0 Å². The first-order chi connectivity index (χ1) is 25.8. The van der Waals surface area contributed by atoms with Gasteiger partial charge in [-0.15, -0.1) is 0 Å². The van der Waals surface area contributed by atoms with Gasteiger partial charge in [-0.25, -0.2) is 0 Å². The fourth-order valence-corrected chi connectivity index (χ4v) is 7.77. The molecule has 2 aliphatic heterocycles. The summed E-state index contributed by atoms with van der Waals surface area (Å²) in [6.45, 7) is 8.29. The summed E-state index contributed by atoms with van der Waals surface area (Å²) in [6.07, 6.45) is 4.78. The Kier molecular flexibility index (Phi) is 13.0. The van der Waals surface area contributed by atoms with E-state index in [1.54, 1.807) is 12.0 Å². The van der Waals surface area contributed by atoms with Crippen molar-refractivity contribution in [1.29, 1.82) is 0 Å². The lowest BCUT2D eigenvalue weighted by molar-refractivity contribution is -0.143. The Morgan fingerprint density at radius 3 is 2.53 bits per heavy atom. The first kappa shape index (κ1) is 38.3. The average molecular weight is 727 g/mol. The van der Waals surface area contributed by atoms with E-state index in [0.29, 0.717) is 63.7 Å². The molecular weight excluding hydrogens is 672 g/mol. The van der Waals surface area contributed by atoms with Gasteiger partial charge >= 0.3 is 5.97 Å². The highest BCUT2D eigenvalue weighted by Crippen LogP contribution is 2.42. The van der Waals surface area contributed by atoms with Gasteiger partial charge in [0, 0.05) is 45.1 Å². The van der Waals surface area contributed by atoms with Crippen molar-refractivity contribution in [2.75, 3.05) is 69.5 Å². The van der Waals surface area contributed by atoms with Crippen LogP contribution in [-0.4, -0.2) is 99.5 Å². The molecule has 2 heterocycles. The molecule has 0 aromatic heterocycles. The van der Waals surface area contributed by atoms with Crippen molar-refractivity contribution in [3.05, 3.63) is 72.3 Å². The topological polar surface area (TPSA) is 121 Å². The maximum absolute atomic E-state index is 14.6. The number of rotatable bonds is 18. The maximum atomic E-state index is 14.6. The van der Waals surface area contributed by atoms with Gasteiger partial charge in [0.2, 0.25) is 5.91 Å². The monoisotopic (exact) mass is 726 g/mol. The van der Waals surface area contributed by atoms with Crippen molar-refractivity contribution in [2.45, 2.75) is 70.4 Å². The summed E-state index contributed by atoms with van der Waals surface area (Å²) in [6, 6.07) is 22.1. The van der Waals surface area contributed by atoms with Crippen LogP contribution in [0.25, 0.3) is 11.1 Å². The molecule has 1 aliphatic carbocycles. The molecule has 1 saturated heterocycles. The standard InChI is InChI=1S/C42H54N4O7/c1-4-37(42(49)50)44(5-2)21-7-24-52-34-16-11-29(12-17-34)30-9-6-10-31(25-30)35-19-20-43-27-36(35)41(48)46(32-13-14-32)33-15-18-39-38(26-33)45(22-8-23-51-3)40(47)28-53-39/h6,9-12,15-18,25-26,32,35-37,43H,4-5,7-8,13-14,19-24,27-28H2,1-3H3,(H,49,50)/t35-,36+,37?/m1/s1. The van der Waals surface area contributed by atoms with Crippen LogP contribution >= 0.6 is 0 Å². The lowest BCUT2D eigenvalue weighted by Gasteiger charge is -2.36. The number of ether oxygens (including phenoxy) is 3. The Morgan fingerprint density at radius 2 is 1.81 bits per heavy atom. The van der Waals surface area contributed by atoms with Gasteiger partial charge in [0.05, 0.1) is 18.2 Å². The summed E-state index contributed by atoms with van der Waals surface area (Å²) in [5.74, 6) is 0.487. The number of hydrogen-bond donors (Lipinski definition) is 2. The van der Waals surface area contributed by atoms with E-state index >= 15 is 0 Å². The van der Waals surface area contributed by atoms with Crippen LogP contribution in [0.3, 0.4) is 0 Å². The molecule has 11 heteroatoms. The number of methoxy groups -OCH3 is 1. The second kappa shape index (κ2) is 18.1. The van der Waals surface area contributed by atoms with E-state index in [9.17, 15) is 19.5 Å². The van der Waals surface area contributed by atoms with Crippen molar-refractivity contribution < 1.29 is 33.7 Å². The van der Waals surface area contributed by atoms with Gasteiger partial charge < -0.3 is 34.4 Å². The normalized spacial score (nSPS) is 19.0. The zero-order chi connectivity index (χ0) is 37.3. The molecule has 6 rings (SSSR count). The molecule has 3 aromatic carbocycles. The molecule has 11 nitrogen and oxygen atoms in total. The summed E-state index contributed by atoms with van der Waals surface area (Å²) in [5.41, 5.74) is 4.82. The van der Waals surface area contributed by atoms with Crippen LogP contribution in [0.15, 0.2) is 66.7 Å². The van der Waals surface area contributed by atoms with E-state index in [0.717, 1.165) is 60.4 Å². The van der Waals surface area contributed by atoms with E-state index in [-0.39, 0.29) is 36.3 Å². The number of nitrogens with zero attached hydrogens (tertiary/aromatic N) is 3. The Labute approximate surface area is 313 Å². The van der Waals surface area contributed by atoms with Gasteiger partial charge in [-0.2, -0.15) is 0 Å². The van der Waals surface area contributed by atoms with Crippen LogP contribution in [0.4, 0.5) is 11.4 Å². The Hall–Kier alpha value is -4.45. The number of carboxylic acids is 1. The number of hydrogen-bond acceptors (Lipinski definition) is 8. The van der Waals surface area contributed by atoms with Crippen molar-refractivity contribution >= 4 is 29.2 Å². The van der Waals surface area contributed by atoms with Crippen LogP contribution in [0, 0.1) is 5.92 Å². The predicted molar refractivity (Wildman–Crippen MR) is 206 cm³/mol. The Balaban J connectivity index is 1.14. The van der Waals surface area contributed by atoms with Crippen LogP contribution in [-0.2, 0) is 19.1 Å². The molecule has 3 atom stereocenters. The molecule has 0 spiro atoms. The minimum absolute atomic E-state index is 0.00613. The highest BCUT2D eigenvalue weighted by atomic mass is 16.5. The number of likely N-dealkylation sites (N-methyl/N-ethyl adjacent to an activating group) is 1. The minimum atomic E-state index is -0.778. The Bertz CT molecular complexity index is 1710. The van der Waals surface area contributed by atoms with E-state index in [4.69, 9.17) is 14.2 Å². The maximum Gasteiger partial charge on any atom is 0.320 e. The second-order valence-electron chi connectivity index (χ2n) is 14.2. The van der Waals surface area contributed by atoms with E-state index in [1.165, 1.54) is 0 Å². The summed E-state index contributed by atoms with van der Waals surface area (Å²) in [4.78, 5) is 44.8. The lowest BCUT2D eigenvalue weighted by atomic mass is 9.79. The van der Waals surface area contributed by atoms with Crippen molar-refractivity contribution in [1.82, 2.24) is 10.2 Å². The molecule has 0 bridgehead atoms. The second-order valence-corrected chi connectivity index (χ2v) is 14.2. The number of amides is 2. The van der Waals surface area contributed by atoms with Gasteiger partial charge in [-0.3, -0.25) is 19.3 Å². The van der Waals surface area contributed by atoms with Gasteiger partial charge in [0.1, 0.15) is 17.5 Å². The number of fused-ring (bicyclic) bond motifs is 1. The van der Waals surface area contributed by atoms with Crippen LogP contribution in [0.5, 0.6) is 11.5 Å². The number of carbonyl (C=O) groups excluding carboxylic acids is 2. The molecule has 1 unspecified atom stereocenters. The number of piperidine rings is 1. The van der Waals surface area contributed by atoms with Gasteiger partial charge in [-0.05, 0) is 105 Å². The van der Waals surface area contributed by atoms with Crippen molar-refractivity contribution in [3.63, 3.8) is 0 Å². The molecule has 3 aromatic rings. The van der Waals surface area contributed by atoms with E-state index in [1.807, 2.05) is 54.0 Å². The van der Waals surface area contributed by atoms with Gasteiger partial charge in [-0.1, -0.05) is 50.2 Å². The third kappa shape index (κ3) is 9.20. The Morgan fingerprint density at radius 1 is 1.00 bits per heavy atom. The molecule has 3 aliphatic rings. The highest BCUT2D eigenvalue weighted by Gasteiger charge is 2.41. The molecule has 1 saturated carbocycles. The number of benzene rings is 3. The molecule has 53 heavy (non-hydrogen) atoms. The zero-order valence-electron chi connectivity index (χ0n) is 31.3. The van der Waals surface area contributed by atoms with Crippen molar-refractivity contribution in [3.8, 4) is 22.6 Å². The SMILES string of the molecule is CCC(C(=O)O)N(CC)CCCOc1ccc(-c2cccc([C@H]3CCNC[C@@H]3C(=O)N(c3ccc4c(c3)N(CCCOC)C(=O)CO4)C3CC3)c2)cc1. The quantitative estimate of drug-likeness (QED) is 0.153. The number of aliphatic carboxylic acids is 1. The fourth-order valence-electron chi connectivity index (χ4n) is 7.77. The summed E-state index contributed by atoms with van der Waals surface area (Å²) in [5, 5.41) is 13.0. The largest absolute Gasteiger partial charge is 0.494 e. The first-order valence-electron chi connectivity index (χ1n) is 19.2. The molecule has 2 amide bonds. The number of anilines is 2. The average Bonchev–Trinajstić information content (AvgIpc) is 4.02. The van der Waals surface area contributed by atoms with Gasteiger partial charge in [0.25, 0.3) is 5.91 Å². The first-order valence-corrected chi connectivity index (χ1v) is 19.2. The number of carbonyl (C=O) groups is 3. The van der Waals surface area contributed by atoms with Crippen LogP contribution in [0.1, 0.15) is 63.9 Å². The van der Waals surface area contributed by atoms with E-state index in [2.05, 4.69) is 41.7 Å². The summed E-state index contributed by atoms with van der Waals surface area (Å²) >= 11 is 0. The van der Waals surface area contributed by atoms with E-state index < -0.39 is 12.0 Å². The van der Waals surface area contributed by atoms with Crippen LogP contribution < -0.4 is 24.6 Å². The number of nitrogens with one attached hydrogen (secondary N) is 1. The zero-order valence-corrected chi connectivity index (χ0v) is 31.3. The highest BCUT2D eigenvalue weighted by molar-refractivity contribution is 6.01. The predicted octanol–water partition coefficient (Wildman–Crippen LogP) is 5.96. The minimum Gasteiger partial charge on any atom is -0.494 e. The third-order valence-corrected chi connectivity index (χ3v) is 10.7. The summed E-state index contributed by atoms with van der Waals surface area (Å²) in [7, 11) is 1.66. The molecule has 0 radical (unpaired) electrons. The third-order valence-electron chi connectivity index (χ3n) is 10.7. The van der Waals surface area contributed by atoms with Gasteiger partial charge in [0.15, 0.2) is 6.61 Å². The molecule has 2 N–H and O–H groups in total. The molecule has 2 fully saturated rings.